The van der Waals surface area contributed by atoms with Crippen molar-refractivity contribution in [2.45, 2.75) is 46.1 Å². The van der Waals surface area contributed by atoms with Crippen molar-refractivity contribution in [1.82, 2.24) is 10.3 Å². The summed E-state index contributed by atoms with van der Waals surface area (Å²) in [6.45, 7) is 5.78. The molecule has 1 fully saturated rings. The average Bonchev–Trinajstić information content (AvgIpc) is 3.18. The lowest BCUT2D eigenvalue weighted by molar-refractivity contribution is 0.0944. The van der Waals surface area contributed by atoms with Crippen molar-refractivity contribution in [2.24, 2.45) is 11.7 Å². The van der Waals surface area contributed by atoms with Crippen LogP contribution in [0.1, 0.15) is 58.8 Å². The molecule has 5 nitrogen and oxygen atoms in total. The predicted molar refractivity (Wildman–Crippen MR) is 77.9 cm³/mol. The molecule has 20 heavy (non-hydrogen) atoms. The summed E-state index contributed by atoms with van der Waals surface area (Å²) in [7, 11) is 0. The van der Waals surface area contributed by atoms with Crippen molar-refractivity contribution in [3.05, 3.63) is 22.5 Å². The molecular weight excluding hydrogens is 254 g/mol. The Bertz CT molecular complexity index is 529. The Morgan fingerprint density at radius 3 is 2.60 bits per heavy atom. The van der Waals surface area contributed by atoms with Gasteiger partial charge in [0.2, 0.25) is 0 Å². The van der Waals surface area contributed by atoms with Gasteiger partial charge in [0.25, 0.3) is 5.91 Å². The third-order valence-electron chi connectivity index (χ3n) is 3.95. The molecule has 1 aromatic heterocycles. The molecule has 1 unspecified atom stereocenters. The van der Waals surface area contributed by atoms with Crippen LogP contribution in [-0.2, 0) is 6.42 Å². The second-order valence-corrected chi connectivity index (χ2v) is 5.60. The Morgan fingerprint density at radius 2 is 2.10 bits per heavy atom. The van der Waals surface area contributed by atoms with Crippen LogP contribution in [0, 0.1) is 12.8 Å². The second kappa shape index (κ2) is 5.79. The summed E-state index contributed by atoms with van der Waals surface area (Å²) in [6, 6.07) is 0.0346. The molecule has 1 saturated carbocycles. The van der Waals surface area contributed by atoms with Gasteiger partial charge in [0.1, 0.15) is 5.69 Å². The number of aromatic amines is 1. The van der Waals surface area contributed by atoms with E-state index in [9.17, 15) is 9.59 Å². The fraction of sp³-hybridized carbons (Fsp3) is 0.600. The van der Waals surface area contributed by atoms with Gasteiger partial charge in [0.05, 0.1) is 0 Å². The number of aryl methyl sites for hydroxylation is 1. The maximum atomic E-state index is 12.3. The molecule has 0 aromatic carbocycles. The SMILES string of the molecule is CCc1c(C(=O)NCC(N)C2CC2)[nH]c(C)c1C(C)=O. The van der Waals surface area contributed by atoms with E-state index in [2.05, 4.69) is 10.3 Å². The van der Waals surface area contributed by atoms with Gasteiger partial charge in [-0.25, -0.2) is 0 Å². The van der Waals surface area contributed by atoms with E-state index in [0.717, 1.165) is 24.1 Å². The first-order valence-corrected chi connectivity index (χ1v) is 7.21. The highest BCUT2D eigenvalue weighted by atomic mass is 16.2. The summed E-state index contributed by atoms with van der Waals surface area (Å²) in [6.07, 6.45) is 2.97. The number of rotatable bonds is 6. The van der Waals surface area contributed by atoms with Crippen molar-refractivity contribution < 1.29 is 9.59 Å². The molecule has 1 atom stereocenters. The van der Waals surface area contributed by atoms with Crippen molar-refractivity contribution in [2.75, 3.05) is 6.54 Å². The summed E-state index contributed by atoms with van der Waals surface area (Å²) >= 11 is 0. The number of hydrogen-bond donors (Lipinski definition) is 3. The van der Waals surface area contributed by atoms with Crippen LogP contribution in [0.5, 0.6) is 0 Å². The summed E-state index contributed by atoms with van der Waals surface area (Å²) < 4.78 is 0. The predicted octanol–water partition coefficient (Wildman–Crippen LogP) is 1.56. The lowest BCUT2D eigenvalue weighted by atomic mass is 10.0. The molecule has 4 N–H and O–H groups in total. The molecule has 1 aromatic rings. The fourth-order valence-electron chi connectivity index (χ4n) is 2.69. The largest absolute Gasteiger partial charge is 0.354 e. The molecule has 5 heteroatoms. The summed E-state index contributed by atoms with van der Waals surface area (Å²) in [5.74, 6) is 0.372. The quantitative estimate of drug-likeness (QED) is 0.689. The van der Waals surface area contributed by atoms with Gasteiger partial charge < -0.3 is 16.0 Å². The van der Waals surface area contributed by atoms with E-state index >= 15 is 0 Å². The van der Waals surface area contributed by atoms with Crippen LogP contribution < -0.4 is 11.1 Å². The number of carbonyl (C=O) groups excluding carboxylic acids is 2. The molecule has 1 amide bonds. The molecule has 0 radical (unpaired) electrons. The Balaban J connectivity index is 2.12. The van der Waals surface area contributed by atoms with Crippen LogP contribution in [0.4, 0.5) is 0 Å². The third-order valence-corrected chi connectivity index (χ3v) is 3.95. The van der Waals surface area contributed by atoms with Gasteiger partial charge in [-0.2, -0.15) is 0 Å². The molecule has 0 bridgehead atoms. The number of Topliss-reactive ketones (excluding diaryl/α,β-unsaturated/α-hetero) is 1. The Kier molecular flexibility index (Phi) is 4.28. The molecule has 1 aliphatic rings. The highest BCUT2D eigenvalue weighted by Crippen LogP contribution is 2.31. The molecule has 110 valence electrons. The van der Waals surface area contributed by atoms with Gasteiger partial charge in [-0.3, -0.25) is 9.59 Å². The Hall–Kier alpha value is -1.62. The van der Waals surface area contributed by atoms with Crippen LogP contribution in [0.25, 0.3) is 0 Å². The van der Waals surface area contributed by atoms with E-state index in [1.165, 1.54) is 6.92 Å². The smallest absolute Gasteiger partial charge is 0.268 e. The molecule has 0 spiro atoms. The van der Waals surface area contributed by atoms with Gasteiger partial charge in [0, 0.05) is 23.8 Å². The number of amides is 1. The van der Waals surface area contributed by atoms with Crippen molar-refractivity contribution in [3.8, 4) is 0 Å². The van der Waals surface area contributed by atoms with Gasteiger partial charge in [0.15, 0.2) is 5.78 Å². The maximum Gasteiger partial charge on any atom is 0.268 e. The first-order chi connectivity index (χ1) is 9.45. The number of aromatic nitrogens is 1. The van der Waals surface area contributed by atoms with Gasteiger partial charge in [-0.1, -0.05) is 6.92 Å². The lowest BCUT2D eigenvalue weighted by Crippen LogP contribution is -2.39. The number of H-pyrrole nitrogens is 1. The number of carbonyl (C=O) groups is 2. The number of nitrogens with two attached hydrogens (primary N) is 1. The number of ketones is 1. The van der Waals surface area contributed by atoms with Crippen LogP contribution in [-0.4, -0.2) is 29.3 Å². The van der Waals surface area contributed by atoms with Crippen LogP contribution >= 0.6 is 0 Å². The molecular formula is C15H23N3O2. The second-order valence-electron chi connectivity index (χ2n) is 5.60. The minimum atomic E-state index is -0.173. The van der Waals surface area contributed by atoms with Crippen molar-refractivity contribution in [3.63, 3.8) is 0 Å². The molecule has 1 heterocycles. The minimum absolute atomic E-state index is 0.00988. The summed E-state index contributed by atoms with van der Waals surface area (Å²) in [5.41, 5.74) is 8.68. The zero-order valence-corrected chi connectivity index (χ0v) is 12.4. The highest BCUT2D eigenvalue weighted by molar-refractivity contribution is 6.02. The Morgan fingerprint density at radius 1 is 1.45 bits per heavy atom. The average molecular weight is 277 g/mol. The maximum absolute atomic E-state index is 12.3. The highest BCUT2D eigenvalue weighted by Gasteiger charge is 2.29. The molecule has 1 aliphatic carbocycles. The molecule has 0 aliphatic heterocycles. The van der Waals surface area contributed by atoms with E-state index in [-0.39, 0.29) is 17.7 Å². The normalized spacial score (nSPS) is 16.0. The van der Waals surface area contributed by atoms with Gasteiger partial charge >= 0.3 is 0 Å². The van der Waals surface area contributed by atoms with Crippen LogP contribution in [0.15, 0.2) is 0 Å². The van der Waals surface area contributed by atoms with Crippen molar-refractivity contribution >= 4 is 11.7 Å². The first kappa shape index (κ1) is 14.8. The monoisotopic (exact) mass is 277 g/mol. The zero-order valence-electron chi connectivity index (χ0n) is 12.4. The molecule has 0 saturated heterocycles. The fourth-order valence-corrected chi connectivity index (χ4v) is 2.69. The Labute approximate surface area is 119 Å². The van der Waals surface area contributed by atoms with Gasteiger partial charge in [-0.05, 0) is 44.6 Å². The van der Waals surface area contributed by atoms with E-state index in [4.69, 9.17) is 5.73 Å². The van der Waals surface area contributed by atoms with E-state index in [1.54, 1.807) is 0 Å². The number of nitrogens with one attached hydrogen (secondary N) is 2. The third kappa shape index (κ3) is 2.93. The van der Waals surface area contributed by atoms with E-state index < -0.39 is 0 Å². The van der Waals surface area contributed by atoms with Crippen molar-refractivity contribution in [1.29, 1.82) is 0 Å². The number of hydrogen-bond acceptors (Lipinski definition) is 3. The van der Waals surface area contributed by atoms with Crippen LogP contribution in [0.2, 0.25) is 0 Å². The minimum Gasteiger partial charge on any atom is -0.354 e. The summed E-state index contributed by atoms with van der Waals surface area (Å²) in [4.78, 5) is 27.0. The topological polar surface area (TPSA) is 88.0 Å². The zero-order chi connectivity index (χ0) is 14.9. The molecule has 2 rings (SSSR count). The summed E-state index contributed by atoms with van der Waals surface area (Å²) in [5, 5.41) is 2.87. The van der Waals surface area contributed by atoms with Crippen LogP contribution in [0.3, 0.4) is 0 Å². The lowest BCUT2D eigenvalue weighted by Gasteiger charge is -2.11. The first-order valence-electron chi connectivity index (χ1n) is 7.21. The standard InChI is InChI=1S/C15H23N3O2/c1-4-11-13(9(3)19)8(2)18-14(11)15(20)17-7-12(16)10-5-6-10/h10,12,18H,4-7,16H2,1-3H3,(H,17,20). The van der Waals surface area contributed by atoms with E-state index in [0.29, 0.717) is 30.1 Å². The van der Waals surface area contributed by atoms with Gasteiger partial charge in [-0.15, -0.1) is 0 Å². The van der Waals surface area contributed by atoms with E-state index in [1.807, 2.05) is 13.8 Å².